The van der Waals surface area contributed by atoms with Crippen LogP contribution in [0.4, 0.5) is 23.1 Å². The zero-order chi connectivity index (χ0) is 32.6. The molecule has 47 heavy (non-hydrogen) atoms. The first-order chi connectivity index (χ1) is 23.0. The fourth-order valence-corrected chi connectivity index (χ4v) is 6.60. The third kappa shape index (κ3) is 8.03. The smallest absolute Gasteiger partial charge is 0.229 e. The third-order valence-corrected chi connectivity index (χ3v) is 9.40. The minimum atomic E-state index is -1.44. The van der Waals surface area contributed by atoms with Gasteiger partial charge in [-0.2, -0.15) is 4.98 Å². The first-order valence-electron chi connectivity index (χ1n) is 14.9. The van der Waals surface area contributed by atoms with Crippen LogP contribution in [0.1, 0.15) is 12.8 Å². The molecular weight excluding hydrogens is 687 g/mol. The molecule has 4 heterocycles. The molecule has 6 rings (SSSR count). The van der Waals surface area contributed by atoms with Gasteiger partial charge in [-0.25, -0.2) is 9.97 Å². The number of benzene rings is 2. The lowest BCUT2D eigenvalue weighted by Crippen LogP contribution is -2.25. The number of anilines is 4. The van der Waals surface area contributed by atoms with Gasteiger partial charge in [0.05, 0.1) is 33.8 Å². The summed E-state index contributed by atoms with van der Waals surface area (Å²) in [4.78, 5) is 24.9. The van der Waals surface area contributed by atoms with E-state index >= 15 is 0 Å². The average Bonchev–Trinajstić information content (AvgIpc) is 3.62. The van der Waals surface area contributed by atoms with Crippen molar-refractivity contribution in [3.63, 3.8) is 0 Å². The van der Waals surface area contributed by atoms with E-state index in [1.807, 2.05) is 24.3 Å². The summed E-state index contributed by atoms with van der Waals surface area (Å²) >= 11 is 3.56. The molecule has 5 aromatic rings. The molecule has 1 saturated heterocycles. The number of nitrogens with zero attached hydrogens (tertiary/aromatic N) is 6. The Hall–Kier alpha value is -4.20. The van der Waals surface area contributed by atoms with Crippen molar-refractivity contribution < 1.29 is 23.3 Å². The number of halogens is 1. The van der Waals surface area contributed by atoms with Crippen LogP contribution in [0.5, 0.6) is 23.1 Å². The van der Waals surface area contributed by atoms with E-state index in [0.717, 1.165) is 30.5 Å². The molecule has 0 unspecified atom stereocenters. The first kappa shape index (κ1) is 32.7. The number of ether oxygens (including phenoxy) is 3. The summed E-state index contributed by atoms with van der Waals surface area (Å²) in [6.45, 7) is 3.73. The number of hydrogen-bond donors (Lipinski definition) is 2. The van der Waals surface area contributed by atoms with Gasteiger partial charge in [-0.1, -0.05) is 0 Å². The Balaban J connectivity index is 1.17. The number of hydrogen-bond acceptors (Lipinski definition) is 13. The van der Waals surface area contributed by atoms with Crippen LogP contribution in [0.25, 0.3) is 11.0 Å². The van der Waals surface area contributed by atoms with Gasteiger partial charge in [0, 0.05) is 57.7 Å². The van der Waals surface area contributed by atoms with E-state index in [9.17, 15) is 0 Å². The van der Waals surface area contributed by atoms with E-state index in [-0.39, 0.29) is 0 Å². The predicted octanol–water partition coefficient (Wildman–Crippen LogP) is 6.57. The molecule has 1 fully saturated rings. The Morgan fingerprint density at radius 2 is 1.64 bits per heavy atom. The third-order valence-electron chi connectivity index (χ3n) is 7.34. The molecule has 15 heteroatoms. The quantitative estimate of drug-likeness (QED) is 0.120. The van der Waals surface area contributed by atoms with E-state index in [4.69, 9.17) is 28.2 Å². The number of fused-ring (bicyclic) bond motifs is 1. The number of rotatable bonds is 14. The van der Waals surface area contributed by atoms with Crippen LogP contribution in [-0.2, 0) is 9.05 Å². The maximum atomic E-state index is 6.11. The zero-order valence-electron chi connectivity index (χ0n) is 26.1. The van der Waals surface area contributed by atoms with E-state index in [0.29, 0.717) is 62.9 Å². The van der Waals surface area contributed by atoms with E-state index in [2.05, 4.69) is 51.4 Å². The van der Waals surface area contributed by atoms with Gasteiger partial charge in [0.25, 0.3) is 0 Å². The van der Waals surface area contributed by atoms with Crippen molar-refractivity contribution in [1.29, 1.82) is 0 Å². The zero-order valence-corrected chi connectivity index (χ0v) is 28.6. The fourth-order valence-electron chi connectivity index (χ4n) is 5.12. The van der Waals surface area contributed by atoms with Crippen LogP contribution in [0.15, 0.2) is 71.7 Å². The SMILES string of the molecule is COc1cc(Oc2ccnc(OCCN3CCCC3)c2)ccc1Nc1ncc(Br)c(Nc2ccc3nccnc3c2P(OC)OC)n1. The minimum absolute atomic E-state index is 0.343. The van der Waals surface area contributed by atoms with Crippen molar-refractivity contribution in [2.75, 3.05) is 58.2 Å². The van der Waals surface area contributed by atoms with E-state index < -0.39 is 8.38 Å². The molecule has 13 nitrogen and oxygen atoms in total. The summed E-state index contributed by atoms with van der Waals surface area (Å²) in [7, 11) is 3.34. The maximum absolute atomic E-state index is 6.11. The molecule has 0 bridgehead atoms. The predicted molar refractivity (Wildman–Crippen MR) is 185 cm³/mol. The second-order valence-electron chi connectivity index (χ2n) is 10.3. The lowest BCUT2D eigenvalue weighted by molar-refractivity contribution is 0.231. The van der Waals surface area contributed by atoms with Gasteiger partial charge >= 0.3 is 0 Å². The Morgan fingerprint density at radius 1 is 0.851 bits per heavy atom. The van der Waals surface area contributed by atoms with Gasteiger partial charge in [-0.05, 0) is 72.2 Å². The Kier molecular flexibility index (Phi) is 10.9. The molecule has 1 aliphatic heterocycles. The van der Waals surface area contributed by atoms with Crippen molar-refractivity contribution in [2.45, 2.75) is 12.8 Å². The summed E-state index contributed by atoms with van der Waals surface area (Å²) in [5.74, 6) is 3.12. The van der Waals surface area contributed by atoms with E-state index in [1.54, 1.807) is 64.3 Å². The van der Waals surface area contributed by atoms with Gasteiger partial charge < -0.3 is 33.9 Å². The molecule has 0 aliphatic carbocycles. The van der Waals surface area contributed by atoms with E-state index in [1.165, 1.54) is 12.8 Å². The molecule has 2 aromatic carbocycles. The van der Waals surface area contributed by atoms with Gasteiger partial charge in [0.2, 0.25) is 20.2 Å². The fraction of sp³-hybridized carbons (Fsp3) is 0.281. The molecule has 2 N–H and O–H groups in total. The summed E-state index contributed by atoms with van der Waals surface area (Å²) in [5, 5.41) is 7.39. The largest absolute Gasteiger partial charge is 0.494 e. The number of methoxy groups -OCH3 is 1. The number of aromatic nitrogens is 5. The average molecular weight is 722 g/mol. The molecule has 0 amide bonds. The first-order valence-corrected chi connectivity index (χ1v) is 16.9. The minimum Gasteiger partial charge on any atom is -0.494 e. The summed E-state index contributed by atoms with van der Waals surface area (Å²) in [5.41, 5.74) is 2.77. The molecular formula is C32H34BrN8O5P. The number of pyridine rings is 1. The van der Waals surface area contributed by atoms with Gasteiger partial charge in [0.1, 0.15) is 35.2 Å². The number of likely N-dealkylation sites (tertiary alicyclic amines) is 1. The van der Waals surface area contributed by atoms with Crippen molar-refractivity contribution in [1.82, 2.24) is 29.8 Å². The van der Waals surface area contributed by atoms with Crippen molar-refractivity contribution >= 4 is 63.8 Å². The standard InChI is InChI=1S/C32H34BrN8O5P/c1-42-27-18-21(46-22-10-11-35-28(19-22)45-17-16-41-14-4-5-15-41)6-7-24(27)39-32-37-20-23(33)31(40-32)38-26-9-8-25-29(36-13-12-34-25)30(26)47(43-2)44-3/h6-13,18-20H,4-5,14-17H2,1-3H3,(H2,37,38,39,40). The van der Waals surface area contributed by atoms with Gasteiger partial charge in [0.15, 0.2) is 0 Å². The second kappa shape index (κ2) is 15.6. The second-order valence-corrected chi connectivity index (χ2v) is 12.9. The highest BCUT2D eigenvalue weighted by Gasteiger charge is 2.22. The summed E-state index contributed by atoms with van der Waals surface area (Å²) < 4.78 is 29.6. The molecule has 0 atom stereocenters. The van der Waals surface area contributed by atoms with Crippen LogP contribution in [-0.4, -0.2) is 77.4 Å². The Bertz CT molecular complexity index is 1830. The molecule has 0 radical (unpaired) electrons. The normalized spacial score (nSPS) is 13.2. The van der Waals surface area contributed by atoms with Crippen molar-refractivity contribution in [3.8, 4) is 23.1 Å². The Morgan fingerprint density at radius 3 is 2.45 bits per heavy atom. The van der Waals surface area contributed by atoms with Gasteiger partial charge in [-0.15, -0.1) is 0 Å². The summed E-state index contributed by atoms with van der Waals surface area (Å²) in [6, 6.07) is 12.8. The molecule has 244 valence electrons. The highest BCUT2D eigenvalue weighted by molar-refractivity contribution is 9.10. The van der Waals surface area contributed by atoms with Crippen LogP contribution in [0.3, 0.4) is 0 Å². The van der Waals surface area contributed by atoms with Crippen molar-refractivity contribution in [3.05, 3.63) is 71.7 Å². The Labute approximate surface area is 282 Å². The van der Waals surface area contributed by atoms with Crippen LogP contribution in [0, 0.1) is 0 Å². The topological polar surface area (TPSA) is 138 Å². The highest BCUT2D eigenvalue weighted by Crippen LogP contribution is 2.41. The number of nitrogens with one attached hydrogen (secondary N) is 2. The maximum Gasteiger partial charge on any atom is 0.229 e. The lowest BCUT2D eigenvalue weighted by Gasteiger charge is -2.19. The molecule has 3 aromatic heterocycles. The highest BCUT2D eigenvalue weighted by atomic mass is 79.9. The molecule has 1 aliphatic rings. The van der Waals surface area contributed by atoms with Crippen molar-refractivity contribution in [2.24, 2.45) is 0 Å². The molecule has 0 saturated carbocycles. The summed E-state index contributed by atoms with van der Waals surface area (Å²) in [6.07, 6.45) is 9.12. The lowest BCUT2D eigenvalue weighted by atomic mass is 10.2. The van der Waals surface area contributed by atoms with Crippen LogP contribution >= 0.6 is 24.3 Å². The van der Waals surface area contributed by atoms with Gasteiger partial charge in [-0.3, -0.25) is 14.9 Å². The van der Waals surface area contributed by atoms with Crippen LogP contribution < -0.4 is 30.1 Å². The van der Waals surface area contributed by atoms with Crippen LogP contribution in [0.2, 0.25) is 0 Å². The molecule has 0 spiro atoms. The monoisotopic (exact) mass is 720 g/mol.